The van der Waals surface area contributed by atoms with Crippen LogP contribution in [0.4, 0.5) is 0 Å². The Morgan fingerprint density at radius 3 is 2.86 bits per heavy atom. The number of thioether (sulfide) groups is 1. The van der Waals surface area contributed by atoms with E-state index in [0.717, 1.165) is 23.5 Å². The quantitative estimate of drug-likeness (QED) is 0.854. The molecule has 1 amide bonds. The predicted molar refractivity (Wildman–Crippen MR) is 84.1 cm³/mol. The lowest BCUT2D eigenvalue weighted by Gasteiger charge is -2.17. The lowest BCUT2D eigenvalue weighted by molar-refractivity contribution is -0.128. The Morgan fingerprint density at radius 2 is 2.09 bits per heavy atom. The summed E-state index contributed by atoms with van der Waals surface area (Å²) < 4.78 is 11.3. The van der Waals surface area contributed by atoms with Crippen LogP contribution in [-0.2, 0) is 16.1 Å². The Morgan fingerprint density at radius 1 is 1.32 bits per heavy atom. The van der Waals surface area contributed by atoms with Crippen molar-refractivity contribution in [2.24, 2.45) is 0 Å². The molecule has 1 saturated heterocycles. The molecule has 118 valence electrons. The molecule has 3 rings (SSSR count). The van der Waals surface area contributed by atoms with Gasteiger partial charge in [-0.05, 0) is 17.7 Å². The van der Waals surface area contributed by atoms with Gasteiger partial charge < -0.3 is 14.4 Å². The Labute approximate surface area is 134 Å². The van der Waals surface area contributed by atoms with Gasteiger partial charge in [-0.15, -0.1) is 0 Å². The molecule has 0 aromatic heterocycles. The Balaban J connectivity index is 1.67. The van der Waals surface area contributed by atoms with Crippen LogP contribution >= 0.6 is 11.8 Å². The fourth-order valence-electron chi connectivity index (χ4n) is 2.73. The first-order valence-electron chi connectivity index (χ1n) is 7.45. The van der Waals surface area contributed by atoms with Gasteiger partial charge in [-0.3, -0.25) is 9.59 Å². The second-order valence-electron chi connectivity index (χ2n) is 5.54. The van der Waals surface area contributed by atoms with Crippen LogP contribution in [0.1, 0.15) is 25.3 Å². The number of hydrogen-bond donors (Lipinski definition) is 0. The van der Waals surface area contributed by atoms with E-state index in [9.17, 15) is 9.59 Å². The zero-order valence-electron chi connectivity index (χ0n) is 12.5. The summed E-state index contributed by atoms with van der Waals surface area (Å²) in [5, 5.41) is 0.139. The first kappa shape index (κ1) is 15.2. The molecular formula is C16H19NO4S. The number of carbonyl (C=O) groups excluding carboxylic acids is 2. The molecule has 0 bridgehead atoms. The molecule has 1 aromatic carbocycles. The fraction of sp³-hybridized carbons (Fsp3) is 0.500. The van der Waals surface area contributed by atoms with E-state index < -0.39 is 0 Å². The van der Waals surface area contributed by atoms with Crippen LogP contribution in [0.25, 0.3) is 0 Å². The van der Waals surface area contributed by atoms with Crippen LogP contribution in [-0.4, -0.2) is 40.9 Å². The molecule has 6 heteroatoms. The third-order valence-corrected chi connectivity index (χ3v) is 4.68. The van der Waals surface area contributed by atoms with Crippen molar-refractivity contribution in [2.75, 3.05) is 19.8 Å². The van der Waals surface area contributed by atoms with Gasteiger partial charge in [-0.1, -0.05) is 17.8 Å². The number of likely N-dealkylation sites (tertiary alicyclic amines) is 1. The standard InChI is InChI=1S/C16H19NO4S/c1-11(18)22-13-8-16(19)17(10-13)9-12-3-4-14-15(7-12)21-6-2-5-20-14/h3-4,7,13H,2,5-6,8-10H2,1H3. The van der Waals surface area contributed by atoms with Gasteiger partial charge in [-0.25, -0.2) is 0 Å². The van der Waals surface area contributed by atoms with Crippen molar-refractivity contribution in [2.45, 2.75) is 31.6 Å². The van der Waals surface area contributed by atoms with Crippen LogP contribution in [0.15, 0.2) is 18.2 Å². The van der Waals surface area contributed by atoms with E-state index in [2.05, 4.69) is 0 Å². The van der Waals surface area contributed by atoms with Gasteiger partial charge in [0.2, 0.25) is 5.91 Å². The maximum Gasteiger partial charge on any atom is 0.224 e. The maximum atomic E-state index is 12.1. The van der Waals surface area contributed by atoms with Gasteiger partial charge in [-0.2, -0.15) is 0 Å². The van der Waals surface area contributed by atoms with Gasteiger partial charge >= 0.3 is 0 Å². The van der Waals surface area contributed by atoms with Gasteiger partial charge in [0.1, 0.15) is 0 Å². The largest absolute Gasteiger partial charge is 0.490 e. The molecule has 0 aliphatic carbocycles. The number of nitrogens with zero attached hydrogens (tertiary/aromatic N) is 1. The molecule has 1 aromatic rings. The first-order chi connectivity index (χ1) is 10.6. The zero-order chi connectivity index (χ0) is 15.5. The van der Waals surface area contributed by atoms with Crippen molar-refractivity contribution >= 4 is 22.8 Å². The monoisotopic (exact) mass is 321 g/mol. The highest BCUT2D eigenvalue weighted by Crippen LogP contribution is 2.32. The molecular weight excluding hydrogens is 302 g/mol. The van der Waals surface area contributed by atoms with Crippen LogP contribution in [0.2, 0.25) is 0 Å². The minimum atomic E-state index is 0.0650. The summed E-state index contributed by atoms with van der Waals surface area (Å²) in [4.78, 5) is 25.0. The summed E-state index contributed by atoms with van der Waals surface area (Å²) in [5.74, 6) is 1.61. The zero-order valence-corrected chi connectivity index (χ0v) is 13.4. The number of fused-ring (bicyclic) bond motifs is 1. The van der Waals surface area contributed by atoms with Crippen LogP contribution in [0, 0.1) is 0 Å². The van der Waals surface area contributed by atoms with Gasteiger partial charge in [0.15, 0.2) is 16.6 Å². The summed E-state index contributed by atoms with van der Waals surface area (Å²) in [6.45, 7) is 4.03. The molecule has 1 fully saturated rings. The van der Waals surface area contributed by atoms with Gasteiger partial charge in [0.25, 0.3) is 0 Å². The summed E-state index contributed by atoms with van der Waals surface area (Å²) in [6, 6.07) is 5.81. The van der Waals surface area contributed by atoms with Crippen molar-refractivity contribution in [3.8, 4) is 11.5 Å². The minimum Gasteiger partial charge on any atom is -0.490 e. The van der Waals surface area contributed by atoms with Crippen LogP contribution < -0.4 is 9.47 Å². The van der Waals surface area contributed by atoms with E-state index in [1.807, 2.05) is 18.2 Å². The summed E-state index contributed by atoms with van der Waals surface area (Å²) >= 11 is 1.26. The fourth-order valence-corrected chi connectivity index (χ4v) is 3.68. The molecule has 2 aliphatic heterocycles. The van der Waals surface area contributed by atoms with E-state index in [1.54, 1.807) is 11.8 Å². The Kier molecular flexibility index (Phi) is 4.57. The molecule has 1 unspecified atom stereocenters. The van der Waals surface area contributed by atoms with Gasteiger partial charge in [0, 0.05) is 38.1 Å². The van der Waals surface area contributed by atoms with Crippen molar-refractivity contribution < 1.29 is 19.1 Å². The maximum absolute atomic E-state index is 12.1. The topological polar surface area (TPSA) is 55.8 Å². The second kappa shape index (κ2) is 6.60. The summed E-state index contributed by atoms with van der Waals surface area (Å²) in [7, 11) is 0. The van der Waals surface area contributed by atoms with Crippen molar-refractivity contribution in [3.05, 3.63) is 23.8 Å². The third kappa shape index (κ3) is 3.55. The normalized spacial score (nSPS) is 20.9. The van der Waals surface area contributed by atoms with Crippen molar-refractivity contribution in [1.82, 2.24) is 4.90 Å². The number of ether oxygens (including phenoxy) is 2. The smallest absolute Gasteiger partial charge is 0.224 e. The van der Waals surface area contributed by atoms with Crippen LogP contribution in [0.3, 0.4) is 0 Å². The molecule has 2 heterocycles. The van der Waals surface area contributed by atoms with E-state index in [-0.39, 0.29) is 16.3 Å². The van der Waals surface area contributed by atoms with Crippen molar-refractivity contribution in [3.63, 3.8) is 0 Å². The minimum absolute atomic E-state index is 0.0650. The SMILES string of the molecule is CC(=O)SC1CC(=O)N(Cc2ccc3c(c2)OCCCO3)C1. The second-order valence-corrected chi connectivity index (χ2v) is 7.02. The van der Waals surface area contributed by atoms with Crippen molar-refractivity contribution in [1.29, 1.82) is 0 Å². The first-order valence-corrected chi connectivity index (χ1v) is 8.33. The number of hydrogen-bond acceptors (Lipinski definition) is 5. The van der Waals surface area contributed by atoms with Crippen LogP contribution in [0.5, 0.6) is 11.5 Å². The van der Waals surface area contributed by atoms with E-state index in [4.69, 9.17) is 9.47 Å². The molecule has 0 spiro atoms. The number of rotatable bonds is 3. The molecule has 0 radical (unpaired) electrons. The molecule has 2 aliphatic rings. The number of benzene rings is 1. The average molecular weight is 321 g/mol. The summed E-state index contributed by atoms with van der Waals surface area (Å²) in [5.41, 5.74) is 1.02. The highest BCUT2D eigenvalue weighted by molar-refractivity contribution is 8.14. The van der Waals surface area contributed by atoms with E-state index in [0.29, 0.717) is 32.7 Å². The number of carbonyl (C=O) groups is 2. The highest BCUT2D eigenvalue weighted by atomic mass is 32.2. The Hall–Kier alpha value is -1.69. The van der Waals surface area contributed by atoms with E-state index in [1.165, 1.54) is 11.8 Å². The predicted octanol–water partition coefficient (Wildman–Crippen LogP) is 2.23. The Bertz CT molecular complexity index is 590. The number of amides is 1. The average Bonchev–Trinajstić information content (AvgIpc) is 2.68. The lowest BCUT2D eigenvalue weighted by atomic mass is 10.2. The van der Waals surface area contributed by atoms with Gasteiger partial charge in [0.05, 0.1) is 13.2 Å². The van der Waals surface area contributed by atoms with E-state index >= 15 is 0 Å². The third-order valence-electron chi connectivity index (χ3n) is 3.70. The molecule has 22 heavy (non-hydrogen) atoms. The molecule has 0 N–H and O–H groups in total. The summed E-state index contributed by atoms with van der Waals surface area (Å²) in [6.07, 6.45) is 1.31. The highest BCUT2D eigenvalue weighted by Gasteiger charge is 2.31. The lowest BCUT2D eigenvalue weighted by Crippen LogP contribution is -2.25. The molecule has 0 saturated carbocycles. The molecule has 5 nitrogen and oxygen atoms in total. The molecule has 1 atom stereocenters.